The van der Waals surface area contributed by atoms with Gasteiger partial charge in [-0.05, 0) is 19.9 Å². The van der Waals surface area contributed by atoms with Crippen molar-refractivity contribution in [1.82, 2.24) is 5.32 Å². The lowest BCUT2D eigenvalue weighted by Crippen LogP contribution is -2.38. The Labute approximate surface area is 96.4 Å². The largest absolute Gasteiger partial charge is 0.493 e. The fraction of sp³-hybridized carbons (Fsp3) is 0.538. The Balaban J connectivity index is 2.07. The third kappa shape index (κ3) is 2.74. The number of benzene rings is 1. The van der Waals surface area contributed by atoms with Crippen molar-refractivity contribution in [3.8, 4) is 5.75 Å². The van der Waals surface area contributed by atoms with Crippen LogP contribution in [0.5, 0.6) is 5.75 Å². The zero-order valence-corrected chi connectivity index (χ0v) is 9.86. The van der Waals surface area contributed by atoms with E-state index in [2.05, 4.69) is 11.4 Å². The molecule has 1 unspecified atom stereocenters. The van der Waals surface area contributed by atoms with E-state index in [1.807, 2.05) is 32.0 Å². The second-order valence-electron chi connectivity index (χ2n) is 4.92. The first-order valence-corrected chi connectivity index (χ1v) is 5.74. The molecule has 0 spiro atoms. The second-order valence-corrected chi connectivity index (χ2v) is 4.92. The molecule has 0 bridgehead atoms. The highest BCUT2D eigenvalue weighted by Crippen LogP contribution is 2.31. The van der Waals surface area contributed by atoms with Crippen LogP contribution in [0.25, 0.3) is 0 Å². The van der Waals surface area contributed by atoms with Crippen LogP contribution >= 0.6 is 0 Å². The predicted molar refractivity (Wildman–Crippen MR) is 63.6 cm³/mol. The van der Waals surface area contributed by atoms with E-state index < -0.39 is 5.60 Å². The van der Waals surface area contributed by atoms with Crippen LogP contribution in [0.3, 0.4) is 0 Å². The van der Waals surface area contributed by atoms with Crippen LogP contribution in [0.15, 0.2) is 24.3 Å². The summed E-state index contributed by atoms with van der Waals surface area (Å²) >= 11 is 0. The monoisotopic (exact) mass is 221 g/mol. The highest BCUT2D eigenvalue weighted by Gasteiger charge is 2.22. The number of nitrogens with one attached hydrogen (secondary N) is 1. The molecule has 0 aliphatic carbocycles. The lowest BCUT2D eigenvalue weighted by Gasteiger charge is -2.29. The van der Waals surface area contributed by atoms with Gasteiger partial charge in [0, 0.05) is 24.6 Å². The van der Waals surface area contributed by atoms with E-state index in [9.17, 15) is 5.11 Å². The maximum absolute atomic E-state index is 9.70. The average Bonchev–Trinajstić information content (AvgIpc) is 2.25. The zero-order valence-electron chi connectivity index (χ0n) is 9.86. The van der Waals surface area contributed by atoms with E-state index in [1.165, 1.54) is 5.56 Å². The Hall–Kier alpha value is -1.06. The molecule has 88 valence electrons. The summed E-state index contributed by atoms with van der Waals surface area (Å²) in [6, 6.07) is 8.36. The van der Waals surface area contributed by atoms with E-state index in [4.69, 9.17) is 4.74 Å². The predicted octanol–water partition coefficient (Wildman–Crippen LogP) is 1.87. The van der Waals surface area contributed by atoms with Crippen LogP contribution in [0, 0.1) is 0 Å². The first-order valence-electron chi connectivity index (χ1n) is 5.74. The minimum absolute atomic E-state index is 0.288. The molecule has 2 rings (SSSR count). The summed E-state index contributed by atoms with van der Waals surface area (Å²) in [5.41, 5.74) is 0.519. The van der Waals surface area contributed by atoms with Crippen molar-refractivity contribution in [3.63, 3.8) is 0 Å². The van der Waals surface area contributed by atoms with Crippen molar-refractivity contribution in [2.45, 2.75) is 31.9 Å². The molecule has 3 nitrogen and oxygen atoms in total. The number of hydrogen-bond acceptors (Lipinski definition) is 3. The van der Waals surface area contributed by atoms with Gasteiger partial charge in [0.15, 0.2) is 0 Å². The van der Waals surface area contributed by atoms with E-state index in [0.717, 1.165) is 18.8 Å². The van der Waals surface area contributed by atoms with Crippen LogP contribution in [0.2, 0.25) is 0 Å². The molecule has 0 saturated heterocycles. The third-order valence-corrected chi connectivity index (χ3v) is 2.74. The standard InChI is InChI=1S/C13H19NO2/c1-13(2,15)9-14-11-7-8-16-12-6-4-3-5-10(11)12/h3-6,11,14-15H,7-9H2,1-2H3. The molecule has 1 atom stereocenters. The van der Waals surface area contributed by atoms with Gasteiger partial charge in [-0.1, -0.05) is 18.2 Å². The van der Waals surface area contributed by atoms with Gasteiger partial charge >= 0.3 is 0 Å². The van der Waals surface area contributed by atoms with E-state index in [1.54, 1.807) is 0 Å². The van der Waals surface area contributed by atoms with Crippen molar-refractivity contribution in [2.75, 3.05) is 13.2 Å². The van der Waals surface area contributed by atoms with Crippen molar-refractivity contribution >= 4 is 0 Å². The van der Waals surface area contributed by atoms with Crippen LogP contribution in [-0.2, 0) is 0 Å². The summed E-state index contributed by atoms with van der Waals surface area (Å²) in [6.07, 6.45) is 0.951. The van der Waals surface area contributed by atoms with Gasteiger partial charge in [-0.3, -0.25) is 0 Å². The van der Waals surface area contributed by atoms with Gasteiger partial charge < -0.3 is 15.2 Å². The lowest BCUT2D eigenvalue weighted by molar-refractivity contribution is 0.0740. The van der Waals surface area contributed by atoms with Crippen molar-refractivity contribution in [2.24, 2.45) is 0 Å². The molecule has 1 aliphatic heterocycles. The Morgan fingerprint density at radius 1 is 1.44 bits per heavy atom. The summed E-state index contributed by atoms with van der Waals surface area (Å²) in [7, 11) is 0. The summed E-state index contributed by atoms with van der Waals surface area (Å²) in [5.74, 6) is 0.960. The lowest BCUT2D eigenvalue weighted by atomic mass is 9.99. The molecule has 1 aliphatic rings. The molecule has 0 aromatic heterocycles. The average molecular weight is 221 g/mol. The molecule has 0 radical (unpaired) electrons. The molecule has 2 N–H and O–H groups in total. The SMILES string of the molecule is CC(C)(O)CNC1CCOc2ccccc21. The van der Waals surface area contributed by atoms with Crippen LogP contribution in [0.1, 0.15) is 31.9 Å². The summed E-state index contributed by atoms with van der Waals surface area (Å²) in [5, 5.41) is 13.1. The van der Waals surface area contributed by atoms with E-state index in [-0.39, 0.29) is 6.04 Å². The summed E-state index contributed by atoms with van der Waals surface area (Å²) in [4.78, 5) is 0. The molecule has 3 heteroatoms. The smallest absolute Gasteiger partial charge is 0.124 e. The van der Waals surface area contributed by atoms with Gasteiger partial charge in [0.25, 0.3) is 0 Å². The topological polar surface area (TPSA) is 41.5 Å². The normalized spacial score (nSPS) is 20.1. The fourth-order valence-corrected chi connectivity index (χ4v) is 1.93. The first kappa shape index (κ1) is 11.4. The van der Waals surface area contributed by atoms with E-state index >= 15 is 0 Å². The van der Waals surface area contributed by atoms with Crippen molar-refractivity contribution < 1.29 is 9.84 Å². The van der Waals surface area contributed by atoms with Gasteiger partial charge in [0.05, 0.1) is 12.2 Å². The molecular formula is C13H19NO2. The highest BCUT2D eigenvalue weighted by atomic mass is 16.5. The fourth-order valence-electron chi connectivity index (χ4n) is 1.93. The third-order valence-electron chi connectivity index (χ3n) is 2.74. The van der Waals surface area contributed by atoms with Gasteiger partial charge in [-0.15, -0.1) is 0 Å². The Morgan fingerprint density at radius 2 is 2.19 bits per heavy atom. The number of para-hydroxylation sites is 1. The van der Waals surface area contributed by atoms with Crippen molar-refractivity contribution in [3.05, 3.63) is 29.8 Å². The molecule has 1 heterocycles. The minimum Gasteiger partial charge on any atom is -0.493 e. The molecule has 0 saturated carbocycles. The summed E-state index contributed by atoms with van der Waals surface area (Å²) in [6.45, 7) is 4.95. The van der Waals surface area contributed by atoms with Gasteiger partial charge in [-0.2, -0.15) is 0 Å². The second kappa shape index (κ2) is 4.44. The summed E-state index contributed by atoms with van der Waals surface area (Å²) < 4.78 is 5.58. The van der Waals surface area contributed by atoms with Gasteiger partial charge in [-0.25, -0.2) is 0 Å². The first-order chi connectivity index (χ1) is 7.56. The van der Waals surface area contributed by atoms with Crippen LogP contribution in [-0.4, -0.2) is 23.9 Å². The molecule has 1 aromatic carbocycles. The number of hydrogen-bond donors (Lipinski definition) is 2. The molecule has 0 fully saturated rings. The maximum Gasteiger partial charge on any atom is 0.124 e. The van der Waals surface area contributed by atoms with Crippen molar-refractivity contribution in [1.29, 1.82) is 0 Å². The molecule has 1 aromatic rings. The Morgan fingerprint density at radius 3 is 2.94 bits per heavy atom. The van der Waals surface area contributed by atoms with Crippen LogP contribution < -0.4 is 10.1 Å². The van der Waals surface area contributed by atoms with Gasteiger partial charge in [0.2, 0.25) is 0 Å². The zero-order chi connectivity index (χ0) is 11.6. The number of aliphatic hydroxyl groups is 1. The number of rotatable bonds is 3. The maximum atomic E-state index is 9.70. The van der Waals surface area contributed by atoms with E-state index in [0.29, 0.717) is 6.54 Å². The van der Waals surface area contributed by atoms with Crippen LogP contribution in [0.4, 0.5) is 0 Å². The molecule has 0 amide bonds. The minimum atomic E-state index is -0.673. The highest BCUT2D eigenvalue weighted by molar-refractivity contribution is 5.37. The number of fused-ring (bicyclic) bond motifs is 1. The Bertz CT molecular complexity index is 357. The Kier molecular flexibility index (Phi) is 3.17. The van der Waals surface area contributed by atoms with Gasteiger partial charge in [0.1, 0.15) is 5.75 Å². The number of ether oxygens (including phenoxy) is 1. The quantitative estimate of drug-likeness (QED) is 0.818. The molecule has 16 heavy (non-hydrogen) atoms. The molecular weight excluding hydrogens is 202 g/mol.